The number of carbonyl (C=O) groups excluding carboxylic acids is 2. The molecule has 1 aliphatic heterocycles. The number of aromatic nitrogens is 1. The van der Waals surface area contributed by atoms with E-state index < -0.39 is 29.3 Å². The molecular weight excluding hydrogens is 435 g/mol. The lowest BCUT2D eigenvalue weighted by Gasteiger charge is -2.23. The molecule has 0 radical (unpaired) electrons. The first-order chi connectivity index (χ1) is 15.2. The van der Waals surface area contributed by atoms with Crippen LogP contribution in [0.3, 0.4) is 0 Å². The molecule has 2 N–H and O–H groups in total. The van der Waals surface area contributed by atoms with Gasteiger partial charge in [-0.3, -0.25) is 14.5 Å². The highest BCUT2D eigenvalue weighted by Gasteiger charge is 2.48. The van der Waals surface area contributed by atoms with Crippen LogP contribution in [-0.4, -0.2) is 34.0 Å². The van der Waals surface area contributed by atoms with E-state index in [-0.39, 0.29) is 22.6 Å². The molecular formula is C23H19FN2O5S. The molecule has 2 heterocycles. The zero-order chi connectivity index (χ0) is 23.2. The topological polar surface area (TPSA) is 100.0 Å². The molecule has 164 valence electrons. The number of benzene rings is 2. The minimum Gasteiger partial charge on any atom is -0.507 e. The number of phenolic OH excluding ortho intramolecular Hbond substituents is 1. The number of methoxy groups -OCH3 is 1. The summed E-state index contributed by atoms with van der Waals surface area (Å²) in [5.74, 6) is -2.66. The maximum Gasteiger partial charge on any atom is 0.301 e. The van der Waals surface area contributed by atoms with Crippen molar-refractivity contribution in [3.05, 3.63) is 75.6 Å². The number of ketones is 1. The zero-order valence-corrected chi connectivity index (χ0v) is 18.2. The molecule has 1 amide bonds. The van der Waals surface area contributed by atoms with Crippen molar-refractivity contribution >= 4 is 33.9 Å². The van der Waals surface area contributed by atoms with Crippen molar-refractivity contribution in [2.24, 2.45) is 0 Å². The van der Waals surface area contributed by atoms with E-state index in [9.17, 15) is 24.2 Å². The fraction of sp³-hybridized carbons (Fsp3) is 0.174. The van der Waals surface area contributed by atoms with E-state index in [4.69, 9.17) is 4.74 Å². The third kappa shape index (κ3) is 3.50. The number of carbonyl (C=O) groups is 2. The Hall–Kier alpha value is -3.72. The highest BCUT2D eigenvalue weighted by atomic mass is 32.1. The number of hydrogen-bond donors (Lipinski definition) is 2. The maximum absolute atomic E-state index is 13.4. The van der Waals surface area contributed by atoms with Gasteiger partial charge in [-0.05, 0) is 55.8 Å². The van der Waals surface area contributed by atoms with Gasteiger partial charge in [-0.1, -0.05) is 6.07 Å². The molecule has 2 aromatic carbocycles. The summed E-state index contributed by atoms with van der Waals surface area (Å²) in [5.41, 5.74) is 1.16. The number of aliphatic hydroxyl groups excluding tert-OH is 1. The predicted octanol–water partition coefficient (Wildman–Crippen LogP) is 4.24. The van der Waals surface area contributed by atoms with Gasteiger partial charge < -0.3 is 14.9 Å². The number of nitrogens with zero attached hydrogens (tertiary/aromatic N) is 2. The second-order valence-electron chi connectivity index (χ2n) is 7.25. The Morgan fingerprint density at radius 3 is 2.44 bits per heavy atom. The van der Waals surface area contributed by atoms with Crippen molar-refractivity contribution in [3.63, 3.8) is 0 Å². The zero-order valence-electron chi connectivity index (χ0n) is 17.4. The molecule has 1 fully saturated rings. The van der Waals surface area contributed by atoms with E-state index in [0.717, 1.165) is 17.0 Å². The second-order valence-corrected chi connectivity index (χ2v) is 8.43. The number of aromatic hydroxyl groups is 1. The molecule has 1 aromatic heterocycles. The van der Waals surface area contributed by atoms with Gasteiger partial charge in [0.05, 0.1) is 24.4 Å². The molecule has 1 unspecified atom stereocenters. The lowest BCUT2D eigenvalue weighted by Crippen LogP contribution is -2.29. The quantitative estimate of drug-likeness (QED) is 0.348. The molecule has 1 atom stereocenters. The molecule has 0 aliphatic carbocycles. The molecule has 9 heteroatoms. The Balaban J connectivity index is 1.97. The number of rotatable bonds is 4. The molecule has 32 heavy (non-hydrogen) atoms. The number of Topliss-reactive ketones (excluding diaryl/α,β-unsaturated/α-hetero) is 1. The third-order valence-electron chi connectivity index (χ3n) is 5.30. The summed E-state index contributed by atoms with van der Waals surface area (Å²) in [6.45, 7) is 3.65. The number of thiazole rings is 1. The van der Waals surface area contributed by atoms with E-state index in [2.05, 4.69) is 4.98 Å². The lowest BCUT2D eigenvalue weighted by atomic mass is 9.95. The van der Waals surface area contributed by atoms with E-state index in [1.165, 1.54) is 53.7 Å². The number of phenols is 1. The van der Waals surface area contributed by atoms with Crippen LogP contribution in [0.1, 0.15) is 27.7 Å². The van der Waals surface area contributed by atoms with Gasteiger partial charge in [0.15, 0.2) is 16.6 Å². The number of aliphatic hydroxyl groups is 1. The normalized spacial score (nSPS) is 17.8. The summed E-state index contributed by atoms with van der Waals surface area (Å²) >= 11 is 1.25. The number of halogens is 1. The minimum atomic E-state index is -1.03. The van der Waals surface area contributed by atoms with Crippen LogP contribution >= 0.6 is 11.3 Å². The van der Waals surface area contributed by atoms with Crippen LogP contribution in [-0.2, 0) is 9.59 Å². The van der Waals surface area contributed by atoms with E-state index in [0.29, 0.717) is 16.4 Å². The van der Waals surface area contributed by atoms with Crippen molar-refractivity contribution in [3.8, 4) is 11.5 Å². The number of hydrogen-bond acceptors (Lipinski definition) is 7. The average Bonchev–Trinajstić information content (AvgIpc) is 3.24. The van der Waals surface area contributed by atoms with Crippen LogP contribution in [0.5, 0.6) is 11.5 Å². The first-order valence-electron chi connectivity index (χ1n) is 9.60. The predicted molar refractivity (Wildman–Crippen MR) is 117 cm³/mol. The smallest absolute Gasteiger partial charge is 0.301 e. The first kappa shape index (κ1) is 21.5. The summed E-state index contributed by atoms with van der Waals surface area (Å²) in [5, 5.41) is 21.3. The fourth-order valence-corrected chi connectivity index (χ4v) is 4.47. The molecule has 1 saturated heterocycles. The van der Waals surface area contributed by atoms with Gasteiger partial charge >= 0.3 is 5.91 Å². The van der Waals surface area contributed by atoms with Gasteiger partial charge in [0, 0.05) is 10.4 Å². The van der Waals surface area contributed by atoms with Crippen molar-refractivity contribution in [1.29, 1.82) is 0 Å². The van der Waals surface area contributed by atoms with Crippen molar-refractivity contribution in [2.45, 2.75) is 19.9 Å². The standard InChI is InChI=1S/C23H19FN2O5S/c1-11-12(2)32-23(25-11)26-19(14-6-9-16(27)17(10-14)31-3)18(21(29)22(26)30)20(28)13-4-7-15(24)8-5-13/h4-10,19,27-28H,1-3H3. The Morgan fingerprint density at radius 2 is 1.84 bits per heavy atom. The van der Waals surface area contributed by atoms with Gasteiger partial charge in [0.25, 0.3) is 5.78 Å². The Bertz CT molecular complexity index is 1250. The summed E-state index contributed by atoms with van der Waals surface area (Å²) in [4.78, 5) is 32.7. The maximum atomic E-state index is 13.4. The van der Waals surface area contributed by atoms with Gasteiger partial charge in [-0.15, -0.1) is 11.3 Å². The summed E-state index contributed by atoms with van der Waals surface area (Å²) in [6.07, 6.45) is 0. The van der Waals surface area contributed by atoms with Crippen molar-refractivity contribution in [2.75, 3.05) is 12.0 Å². The van der Waals surface area contributed by atoms with E-state index in [1.54, 1.807) is 6.92 Å². The number of aryl methyl sites for hydroxylation is 2. The Kier molecular flexibility index (Phi) is 5.43. The molecule has 0 bridgehead atoms. The fourth-order valence-electron chi connectivity index (χ4n) is 3.53. The van der Waals surface area contributed by atoms with Crippen molar-refractivity contribution < 1.29 is 28.9 Å². The van der Waals surface area contributed by atoms with Crippen LogP contribution in [0.25, 0.3) is 5.76 Å². The van der Waals surface area contributed by atoms with Gasteiger partial charge in [-0.25, -0.2) is 9.37 Å². The van der Waals surface area contributed by atoms with Crippen molar-refractivity contribution in [1.82, 2.24) is 4.98 Å². The highest BCUT2D eigenvalue weighted by molar-refractivity contribution is 7.16. The van der Waals surface area contributed by atoms with Gasteiger partial charge in [0.1, 0.15) is 11.6 Å². The van der Waals surface area contributed by atoms with Crippen LogP contribution in [0, 0.1) is 19.7 Å². The summed E-state index contributed by atoms with van der Waals surface area (Å²) in [7, 11) is 1.38. The average molecular weight is 454 g/mol. The van der Waals surface area contributed by atoms with Gasteiger partial charge in [0.2, 0.25) is 0 Å². The number of ether oxygens (including phenoxy) is 1. The summed E-state index contributed by atoms with van der Waals surface area (Å²) < 4.78 is 18.6. The van der Waals surface area contributed by atoms with Crippen LogP contribution in [0.2, 0.25) is 0 Å². The van der Waals surface area contributed by atoms with Crippen LogP contribution in [0.4, 0.5) is 9.52 Å². The molecule has 0 saturated carbocycles. The molecule has 7 nitrogen and oxygen atoms in total. The minimum absolute atomic E-state index is 0.118. The Labute approximate surface area is 187 Å². The molecule has 3 aromatic rings. The second kappa shape index (κ2) is 8.08. The molecule has 1 aliphatic rings. The SMILES string of the molecule is COc1cc(C2C(=C(O)c3ccc(F)cc3)C(=O)C(=O)N2c2nc(C)c(C)s2)ccc1O. The van der Waals surface area contributed by atoms with E-state index in [1.807, 2.05) is 6.92 Å². The highest BCUT2D eigenvalue weighted by Crippen LogP contribution is 2.45. The van der Waals surface area contributed by atoms with E-state index >= 15 is 0 Å². The molecule has 0 spiro atoms. The first-order valence-corrected chi connectivity index (χ1v) is 10.4. The monoisotopic (exact) mass is 454 g/mol. The van der Waals surface area contributed by atoms with Gasteiger partial charge in [-0.2, -0.15) is 0 Å². The largest absolute Gasteiger partial charge is 0.507 e. The van der Waals surface area contributed by atoms with Crippen LogP contribution < -0.4 is 9.64 Å². The molecule has 4 rings (SSSR count). The lowest BCUT2D eigenvalue weighted by molar-refractivity contribution is -0.132. The number of anilines is 1. The number of amides is 1. The Morgan fingerprint density at radius 1 is 1.16 bits per heavy atom. The third-order valence-corrected chi connectivity index (χ3v) is 6.38. The van der Waals surface area contributed by atoms with Crippen LogP contribution in [0.15, 0.2) is 48.0 Å². The summed E-state index contributed by atoms with van der Waals surface area (Å²) in [6, 6.07) is 8.32.